The van der Waals surface area contributed by atoms with Gasteiger partial charge in [0, 0.05) is 16.5 Å². The third-order valence-electron chi connectivity index (χ3n) is 8.93. The molecule has 0 saturated heterocycles. The number of benzene rings is 7. The fourth-order valence-electron chi connectivity index (χ4n) is 6.69. The lowest BCUT2D eigenvalue weighted by Crippen LogP contribution is -1.86. The minimum absolute atomic E-state index is 1.08. The quantitative estimate of drug-likeness (QED) is 0.186. The summed E-state index contributed by atoms with van der Waals surface area (Å²) in [5.74, 6) is 0. The first-order valence-electron chi connectivity index (χ1n) is 15.3. The lowest BCUT2D eigenvalue weighted by molar-refractivity contribution is 1.45. The van der Waals surface area contributed by atoms with Crippen LogP contribution < -0.4 is 0 Å². The Morgan fingerprint density at radius 2 is 0.822 bits per heavy atom. The van der Waals surface area contributed by atoms with E-state index in [0.717, 1.165) is 4.83 Å². The van der Waals surface area contributed by atoms with Crippen LogP contribution in [0.1, 0.15) is 0 Å². The molecular formula is C43H27NS. The molecule has 0 aliphatic rings. The molecule has 0 amide bonds. The number of rotatable bonds is 4. The van der Waals surface area contributed by atoms with Gasteiger partial charge in [0.1, 0.15) is 4.83 Å². The molecule has 0 N–H and O–H groups in total. The molecule has 0 unspecified atom stereocenters. The van der Waals surface area contributed by atoms with E-state index >= 15 is 0 Å². The molecule has 9 aromatic rings. The van der Waals surface area contributed by atoms with E-state index in [9.17, 15) is 0 Å². The van der Waals surface area contributed by atoms with Crippen LogP contribution in [-0.2, 0) is 0 Å². The van der Waals surface area contributed by atoms with Crippen molar-refractivity contribution in [3.8, 4) is 43.8 Å². The number of nitrogens with zero attached hydrogens (tertiary/aromatic N) is 1. The molecule has 2 aromatic heterocycles. The van der Waals surface area contributed by atoms with E-state index in [-0.39, 0.29) is 0 Å². The van der Waals surface area contributed by atoms with Gasteiger partial charge < -0.3 is 0 Å². The predicted molar refractivity (Wildman–Crippen MR) is 194 cm³/mol. The summed E-state index contributed by atoms with van der Waals surface area (Å²) in [5.41, 5.74) is 8.53. The fraction of sp³-hybridized carbons (Fsp3) is 0. The average molecular weight is 590 g/mol. The molecule has 0 aliphatic carbocycles. The van der Waals surface area contributed by atoms with E-state index in [1.165, 1.54) is 81.5 Å². The molecule has 2 heterocycles. The zero-order valence-electron chi connectivity index (χ0n) is 24.4. The monoisotopic (exact) mass is 589 g/mol. The molecule has 0 atom stereocenters. The maximum absolute atomic E-state index is 4.53. The molecule has 210 valence electrons. The van der Waals surface area contributed by atoms with Crippen LogP contribution in [0.25, 0.3) is 86.4 Å². The first-order valence-corrected chi connectivity index (χ1v) is 16.1. The van der Waals surface area contributed by atoms with Crippen LogP contribution >= 0.6 is 11.3 Å². The van der Waals surface area contributed by atoms with Crippen molar-refractivity contribution in [2.24, 2.45) is 0 Å². The van der Waals surface area contributed by atoms with Gasteiger partial charge in [-0.1, -0.05) is 127 Å². The summed E-state index contributed by atoms with van der Waals surface area (Å²) in [5, 5.41) is 9.01. The number of hydrogen-bond acceptors (Lipinski definition) is 2. The van der Waals surface area contributed by atoms with Gasteiger partial charge in [-0.25, -0.2) is 4.98 Å². The number of hydrogen-bond donors (Lipinski definition) is 0. The SMILES string of the molecule is c1cc(-c2ccc(-c3ccc4c5ccccc5c5ccccc5c4c3)cc2)cc(-c2cccc(-c3cc4cccnc4s3)c2)c1. The van der Waals surface area contributed by atoms with E-state index in [0.29, 0.717) is 0 Å². The smallest absolute Gasteiger partial charge is 0.123 e. The molecule has 7 aromatic carbocycles. The summed E-state index contributed by atoms with van der Waals surface area (Å²) in [6, 6.07) is 57.5. The Morgan fingerprint density at radius 3 is 1.44 bits per heavy atom. The highest BCUT2D eigenvalue weighted by Gasteiger charge is 2.11. The summed E-state index contributed by atoms with van der Waals surface area (Å²) in [4.78, 5) is 6.85. The van der Waals surface area contributed by atoms with Gasteiger partial charge in [0.25, 0.3) is 0 Å². The van der Waals surface area contributed by atoms with Gasteiger partial charge >= 0.3 is 0 Å². The van der Waals surface area contributed by atoms with Crippen LogP contribution in [0.3, 0.4) is 0 Å². The largest absolute Gasteiger partial charge is 0.245 e. The molecular weight excluding hydrogens is 563 g/mol. The third-order valence-corrected chi connectivity index (χ3v) is 10.0. The van der Waals surface area contributed by atoms with Gasteiger partial charge in [0.05, 0.1) is 0 Å². The van der Waals surface area contributed by atoms with Gasteiger partial charge in [-0.05, 0) is 102 Å². The molecule has 0 spiro atoms. The van der Waals surface area contributed by atoms with Crippen LogP contribution in [0.15, 0.2) is 164 Å². The van der Waals surface area contributed by atoms with Crippen molar-refractivity contribution >= 4 is 53.9 Å². The minimum Gasteiger partial charge on any atom is -0.245 e. The highest BCUT2D eigenvalue weighted by molar-refractivity contribution is 7.21. The molecule has 0 fully saturated rings. The minimum atomic E-state index is 1.08. The Kier molecular flexibility index (Phi) is 6.07. The fourth-order valence-corrected chi connectivity index (χ4v) is 7.69. The second-order valence-electron chi connectivity index (χ2n) is 11.6. The van der Waals surface area contributed by atoms with Gasteiger partial charge in [-0.2, -0.15) is 0 Å². The van der Waals surface area contributed by atoms with Crippen molar-refractivity contribution in [3.05, 3.63) is 164 Å². The van der Waals surface area contributed by atoms with Crippen molar-refractivity contribution in [2.45, 2.75) is 0 Å². The molecule has 0 radical (unpaired) electrons. The van der Waals surface area contributed by atoms with Crippen LogP contribution in [0, 0.1) is 0 Å². The third kappa shape index (κ3) is 4.50. The summed E-state index contributed by atoms with van der Waals surface area (Å²) in [7, 11) is 0. The number of thiophene rings is 1. The molecule has 0 aliphatic heterocycles. The number of fused-ring (bicyclic) bond motifs is 7. The number of pyridine rings is 1. The summed E-state index contributed by atoms with van der Waals surface area (Å²) in [6.45, 7) is 0. The standard InChI is InChI=1S/C43H27NS/c1-2-15-38-36(13-1)37-14-3-4-16-39(37)41-26-33(21-22-40(38)41)29-19-17-28(18-20-29)30-8-5-9-31(24-30)32-10-6-11-34(25-32)42-27-35-12-7-23-44-43(35)45-42/h1-27H. The van der Waals surface area contributed by atoms with Crippen molar-refractivity contribution < 1.29 is 0 Å². The predicted octanol–water partition coefficient (Wildman–Crippen LogP) is 12.4. The van der Waals surface area contributed by atoms with Crippen molar-refractivity contribution in [3.63, 3.8) is 0 Å². The van der Waals surface area contributed by atoms with Crippen molar-refractivity contribution in [1.82, 2.24) is 4.98 Å². The van der Waals surface area contributed by atoms with Crippen molar-refractivity contribution in [2.75, 3.05) is 0 Å². The maximum Gasteiger partial charge on any atom is 0.123 e. The highest BCUT2D eigenvalue weighted by atomic mass is 32.1. The number of aromatic nitrogens is 1. The lowest BCUT2D eigenvalue weighted by atomic mass is 9.91. The Balaban J connectivity index is 1.06. The summed E-state index contributed by atoms with van der Waals surface area (Å²) >= 11 is 1.74. The zero-order valence-corrected chi connectivity index (χ0v) is 25.3. The van der Waals surface area contributed by atoms with Gasteiger partial charge in [-0.3, -0.25) is 0 Å². The van der Waals surface area contributed by atoms with Gasteiger partial charge in [0.2, 0.25) is 0 Å². The normalized spacial score (nSPS) is 11.6. The van der Waals surface area contributed by atoms with E-state index in [1.54, 1.807) is 11.3 Å². The van der Waals surface area contributed by atoms with Gasteiger partial charge in [-0.15, -0.1) is 11.3 Å². The first kappa shape index (κ1) is 25.9. The molecule has 0 bridgehead atoms. The molecule has 2 heteroatoms. The Bertz CT molecular complexity index is 2470. The van der Waals surface area contributed by atoms with Crippen molar-refractivity contribution in [1.29, 1.82) is 0 Å². The summed E-state index contributed by atoms with van der Waals surface area (Å²) < 4.78 is 0. The molecule has 45 heavy (non-hydrogen) atoms. The second-order valence-corrected chi connectivity index (χ2v) is 12.6. The molecule has 9 rings (SSSR count). The molecule has 0 saturated carbocycles. The van der Waals surface area contributed by atoms with Crippen LogP contribution in [0.5, 0.6) is 0 Å². The van der Waals surface area contributed by atoms with Gasteiger partial charge in [0.15, 0.2) is 0 Å². The highest BCUT2D eigenvalue weighted by Crippen LogP contribution is 2.38. The Morgan fingerprint density at radius 1 is 0.333 bits per heavy atom. The maximum atomic E-state index is 4.53. The average Bonchev–Trinajstić information content (AvgIpc) is 3.57. The zero-order chi connectivity index (χ0) is 29.7. The topological polar surface area (TPSA) is 12.9 Å². The Hall–Kier alpha value is -5.57. The van der Waals surface area contributed by atoms with E-state index in [2.05, 4.69) is 157 Å². The lowest BCUT2D eigenvalue weighted by Gasteiger charge is -2.12. The second kappa shape index (κ2) is 10.6. The van der Waals surface area contributed by atoms with Crippen LogP contribution in [0.2, 0.25) is 0 Å². The van der Waals surface area contributed by atoms with E-state index < -0.39 is 0 Å². The van der Waals surface area contributed by atoms with Crippen LogP contribution in [0.4, 0.5) is 0 Å². The van der Waals surface area contributed by atoms with Crippen LogP contribution in [-0.4, -0.2) is 4.98 Å². The van der Waals surface area contributed by atoms with E-state index in [1.807, 2.05) is 12.3 Å². The Labute approximate surface area is 265 Å². The van der Waals surface area contributed by atoms with E-state index in [4.69, 9.17) is 0 Å². The first-order chi connectivity index (χ1) is 22.3. The summed E-state index contributed by atoms with van der Waals surface area (Å²) in [6.07, 6.45) is 1.86. The molecule has 1 nitrogen and oxygen atoms in total.